The Morgan fingerprint density at radius 3 is 1.55 bits per heavy atom. The van der Waals surface area contributed by atoms with Crippen molar-refractivity contribution in [1.82, 2.24) is 4.90 Å². The predicted molar refractivity (Wildman–Crippen MR) is 35.3 cm³/mol. The second-order valence-electron chi connectivity index (χ2n) is 2.10. The topological polar surface area (TPSA) is 107 Å². The van der Waals surface area contributed by atoms with Crippen molar-refractivity contribution in [3.05, 3.63) is 10.1 Å². The number of aliphatic hydroxyl groups is 2. The Balaban J connectivity index is 0. The third-order valence-electron chi connectivity index (χ3n) is 0.847. The van der Waals surface area contributed by atoms with Gasteiger partial charge in [-0.15, -0.1) is 10.1 Å². The van der Waals surface area contributed by atoms with Crippen LogP contribution in [0.15, 0.2) is 0 Å². The average molecular weight is 168 g/mol. The summed E-state index contributed by atoms with van der Waals surface area (Å²) >= 11 is 0. The van der Waals surface area contributed by atoms with E-state index in [9.17, 15) is 0 Å². The molecule has 0 unspecified atom stereocenters. The fraction of sp³-hybridized carbons (Fsp3) is 1.00. The first-order valence-electron chi connectivity index (χ1n) is 2.63. The van der Waals surface area contributed by atoms with Crippen LogP contribution in [0.2, 0.25) is 0 Å². The normalized spacial score (nSPS) is 10.4. The van der Waals surface area contributed by atoms with E-state index < -0.39 is 11.0 Å². The molecule has 0 aliphatic heterocycles. The summed E-state index contributed by atoms with van der Waals surface area (Å²) in [6.07, 6.45) is 0. The zero-order chi connectivity index (χ0) is 9.65. The molecule has 0 aromatic heterocycles. The highest BCUT2D eigenvalue weighted by molar-refractivity contribution is 4.47. The van der Waals surface area contributed by atoms with Crippen molar-refractivity contribution >= 4 is 0 Å². The zero-order valence-corrected chi connectivity index (χ0v) is 6.55. The standard InChI is InChI=1S/C4H11NO2.HNO3/c1-4(6,7)5(2)3;2-1(3)4/h6-7H,1-3H3;(H,2,3,4). The Bertz CT molecular complexity index is 114. The van der Waals surface area contributed by atoms with E-state index in [1.807, 2.05) is 0 Å². The maximum Gasteiger partial charge on any atom is 0.291 e. The van der Waals surface area contributed by atoms with Gasteiger partial charge in [0.2, 0.25) is 5.91 Å². The lowest BCUT2D eigenvalue weighted by atomic mass is 10.5. The summed E-state index contributed by atoms with van der Waals surface area (Å²) in [5.41, 5.74) is 0. The molecule has 0 atom stereocenters. The molecule has 0 aromatic rings. The van der Waals surface area contributed by atoms with Gasteiger partial charge in [0.25, 0.3) is 5.09 Å². The first kappa shape index (κ1) is 12.7. The molecule has 0 aliphatic carbocycles. The quantitative estimate of drug-likeness (QED) is 0.259. The molecule has 0 rings (SSSR count). The minimum Gasteiger partial charge on any atom is -0.353 e. The van der Waals surface area contributed by atoms with Crippen molar-refractivity contribution in [3.63, 3.8) is 0 Å². The molecule has 7 nitrogen and oxygen atoms in total. The van der Waals surface area contributed by atoms with E-state index in [0.29, 0.717) is 0 Å². The van der Waals surface area contributed by atoms with Crippen molar-refractivity contribution in [2.24, 2.45) is 0 Å². The van der Waals surface area contributed by atoms with Crippen LogP contribution in [0.3, 0.4) is 0 Å². The molecule has 0 heterocycles. The van der Waals surface area contributed by atoms with E-state index in [1.54, 1.807) is 14.1 Å². The predicted octanol–water partition coefficient (Wildman–Crippen LogP) is -1.14. The van der Waals surface area contributed by atoms with Crippen LogP contribution in [0, 0.1) is 10.1 Å². The van der Waals surface area contributed by atoms with Gasteiger partial charge >= 0.3 is 0 Å². The third-order valence-corrected chi connectivity index (χ3v) is 0.847. The van der Waals surface area contributed by atoms with E-state index in [4.69, 9.17) is 25.5 Å². The first-order valence-corrected chi connectivity index (χ1v) is 2.63. The Kier molecular flexibility index (Phi) is 5.59. The molecule has 0 fully saturated rings. The van der Waals surface area contributed by atoms with Gasteiger partial charge in [-0.3, -0.25) is 4.90 Å². The summed E-state index contributed by atoms with van der Waals surface area (Å²) in [4.78, 5) is 9.66. The molecule has 0 amide bonds. The van der Waals surface area contributed by atoms with Gasteiger partial charge in [0.1, 0.15) is 0 Å². The number of hydrogen-bond donors (Lipinski definition) is 3. The van der Waals surface area contributed by atoms with Crippen molar-refractivity contribution in [2.75, 3.05) is 14.1 Å². The molecule has 0 spiro atoms. The summed E-state index contributed by atoms with van der Waals surface area (Å²) in [5.74, 6) is -1.67. The molecule has 0 aromatic carbocycles. The van der Waals surface area contributed by atoms with Crippen molar-refractivity contribution < 1.29 is 20.5 Å². The van der Waals surface area contributed by atoms with Crippen LogP contribution in [0.25, 0.3) is 0 Å². The summed E-state index contributed by atoms with van der Waals surface area (Å²) in [7, 11) is 3.17. The summed E-state index contributed by atoms with van der Waals surface area (Å²) in [6, 6.07) is 0. The van der Waals surface area contributed by atoms with Crippen LogP contribution < -0.4 is 0 Å². The summed E-state index contributed by atoms with van der Waals surface area (Å²) < 4.78 is 0. The van der Waals surface area contributed by atoms with Gasteiger partial charge < -0.3 is 15.4 Å². The monoisotopic (exact) mass is 168 g/mol. The molecular weight excluding hydrogens is 156 g/mol. The van der Waals surface area contributed by atoms with Gasteiger partial charge in [-0.2, -0.15) is 0 Å². The molecule has 0 radical (unpaired) electrons. The molecular formula is C4H12N2O5. The maximum atomic E-state index is 8.58. The molecule has 0 saturated carbocycles. The van der Waals surface area contributed by atoms with Crippen LogP contribution in [0.5, 0.6) is 0 Å². The highest BCUT2D eigenvalue weighted by atomic mass is 16.9. The minimum absolute atomic E-state index is 1.30. The van der Waals surface area contributed by atoms with Gasteiger partial charge in [-0.25, -0.2) is 0 Å². The second kappa shape index (κ2) is 4.83. The molecule has 3 N–H and O–H groups in total. The molecule has 11 heavy (non-hydrogen) atoms. The third kappa shape index (κ3) is 17.6. The largest absolute Gasteiger partial charge is 0.353 e. The van der Waals surface area contributed by atoms with Crippen LogP contribution in [0.4, 0.5) is 0 Å². The van der Waals surface area contributed by atoms with Gasteiger partial charge in [0.15, 0.2) is 0 Å². The number of rotatable bonds is 1. The second-order valence-corrected chi connectivity index (χ2v) is 2.10. The fourth-order valence-corrected chi connectivity index (χ4v) is 0. The van der Waals surface area contributed by atoms with Crippen LogP contribution in [-0.4, -0.2) is 45.4 Å². The molecule has 68 valence electrons. The van der Waals surface area contributed by atoms with E-state index in [-0.39, 0.29) is 0 Å². The summed E-state index contributed by atoms with van der Waals surface area (Å²) in [5, 5.41) is 30.8. The van der Waals surface area contributed by atoms with Crippen molar-refractivity contribution in [1.29, 1.82) is 0 Å². The van der Waals surface area contributed by atoms with E-state index >= 15 is 0 Å². The van der Waals surface area contributed by atoms with Gasteiger partial charge in [0.05, 0.1) is 0 Å². The Hall–Kier alpha value is -0.920. The SMILES string of the molecule is CN(C)C(C)(O)O.O=[N+]([O-])O. The lowest BCUT2D eigenvalue weighted by Gasteiger charge is -2.23. The average Bonchev–Trinajstić information content (AvgIpc) is 1.59. The van der Waals surface area contributed by atoms with Crippen molar-refractivity contribution in [2.45, 2.75) is 12.8 Å². The smallest absolute Gasteiger partial charge is 0.291 e. The highest BCUT2D eigenvalue weighted by Crippen LogP contribution is 1.97. The minimum atomic E-state index is -1.67. The first-order chi connectivity index (χ1) is 4.68. The van der Waals surface area contributed by atoms with E-state index in [2.05, 4.69) is 0 Å². The fourth-order valence-electron chi connectivity index (χ4n) is 0. The van der Waals surface area contributed by atoms with Gasteiger partial charge in [-0.1, -0.05) is 0 Å². The molecule has 0 bridgehead atoms. The van der Waals surface area contributed by atoms with Gasteiger partial charge in [0, 0.05) is 6.92 Å². The highest BCUT2D eigenvalue weighted by Gasteiger charge is 2.16. The lowest BCUT2D eigenvalue weighted by Crippen LogP contribution is -2.40. The number of hydrogen-bond acceptors (Lipinski definition) is 5. The number of nitrogens with zero attached hydrogens (tertiary/aromatic N) is 2. The molecule has 0 saturated heterocycles. The van der Waals surface area contributed by atoms with Crippen LogP contribution >= 0.6 is 0 Å². The summed E-state index contributed by atoms with van der Waals surface area (Å²) in [6.45, 7) is 1.30. The Labute approximate surface area is 63.6 Å². The maximum absolute atomic E-state index is 8.58. The van der Waals surface area contributed by atoms with Crippen molar-refractivity contribution in [3.8, 4) is 0 Å². The van der Waals surface area contributed by atoms with Crippen LogP contribution in [-0.2, 0) is 0 Å². The van der Waals surface area contributed by atoms with Crippen LogP contribution in [0.1, 0.15) is 6.92 Å². The molecule has 7 heteroatoms. The Morgan fingerprint density at radius 1 is 1.45 bits per heavy atom. The Morgan fingerprint density at radius 2 is 1.55 bits per heavy atom. The van der Waals surface area contributed by atoms with E-state index in [0.717, 1.165) is 0 Å². The van der Waals surface area contributed by atoms with Gasteiger partial charge in [-0.05, 0) is 14.1 Å². The lowest BCUT2D eigenvalue weighted by molar-refractivity contribution is -0.742. The zero-order valence-electron chi connectivity index (χ0n) is 6.55. The van der Waals surface area contributed by atoms with E-state index in [1.165, 1.54) is 11.8 Å². The molecule has 0 aliphatic rings.